The van der Waals surface area contributed by atoms with Gasteiger partial charge in [-0.1, -0.05) is 44.2 Å². The summed E-state index contributed by atoms with van der Waals surface area (Å²) in [6, 6.07) is 15.8. The fraction of sp³-hybridized carbons (Fsp3) is 0.417. The van der Waals surface area contributed by atoms with Crippen molar-refractivity contribution in [1.82, 2.24) is 4.90 Å². The average Bonchev–Trinajstić information content (AvgIpc) is 2.65. The molecule has 0 aliphatic heterocycles. The van der Waals surface area contributed by atoms with E-state index in [9.17, 15) is 9.59 Å². The minimum atomic E-state index is -0.0529. The van der Waals surface area contributed by atoms with Crippen LogP contribution in [0.2, 0.25) is 0 Å². The van der Waals surface area contributed by atoms with Crippen molar-refractivity contribution in [1.29, 1.82) is 0 Å². The van der Waals surface area contributed by atoms with E-state index < -0.39 is 0 Å². The molecule has 2 amide bonds. The van der Waals surface area contributed by atoms with Crippen LogP contribution in [0.1, 0.15) is 51.3 Å². The Hall–Kier alpha value is -2.82. The van der Waals surface area contributed by atoms with Crippen molar-refractivity contribution < 1.29 is 9.59 Å². The van der Waals surface area contributed by atoms with E-state index in [0.717, 1.165) is 22.5 Å². The Morgan fingerprint density at radius 2 is 1.66 bits per heavy atom. The van der Waals surface area contributed by atoms with Crippen molar-refractivity contribution in [2.75, 3.05) is 24.3 Å². The standard InChI is InChI=1S/C24H33N3O2/c1-17(2)14-24(29)25-22-12-13-23(26(5)6)21(15-22)16-27(19(4)28)18(3)20-10-8-7-9-11-20/h7-13,15,17-18H,14,16H2,1-6H3,(H,25,29)/t18-/m1/s1. The molecule has 2 rings (SSSR count). The monoisotopic (exact) mass is 395 g/mol. The summed E-state index contributed by atoms with van der Waals surface area (Å²) >= 11 is 0. The van der Waals surface area contributed by atoms with Gasteiger partial charge in [0.2, 0.25) is 11.8 Å². The fourth-order valence-corrected chi connectivity index (χ4v) is 3.42. The van der Waals surface area contributed by atoms with Crippen LogP contribution < -0.4 is 10.2 Å². The molecule has 0 saturated heterocycles. The van der Waals surface area contributed by atoms with Gasteiger partial charge in [0, 0.05) is 45.4 Å². The van der Waals surface area contributed by atoms with Crippen LogP contribution in [0.5, 0.6) is 0 Å². The van der Waals surface area contributed by atoms with Crippen LogP contribution in [-0.4, -0.2) is 30.8 Å². The van der Waals surface area contributed by atoms with Gasteiger partial charge in [0.15, 0.2) is 0 Å². The van der Waals surface area contributed by atoms with Gasteiger partial charge in [-0.3, -0.25) is 9.59 Å². The molecule has 0 radical (unpaired) electrons. The first-order valence-electron chi connectivity index (χ1n) is 10.1. The number of rotatable bonds is 8. The highest BCUT2D eigenvalue weighted by Gasteiger charge is 2.21. The quantitative estimate of drug-likeness (QED) is 0.695. The maximum atomic E-state index is 12.5. The van der Waals surface area contributed by atoms with Gasteiger partial charge in [-0.2, -0.15) is 0 Å². The van der Waals surface area contributed by atoms with E-state index in [2.05, 4.69) is 5.32 Å². The first-order chi connectivity index (χ1) is 13.7. The highest BCUT2D eigenvalue weighted by atomic mass is 16.2. The van der Waals surface area contributed by atoms with Gasteiger partial charge >= 0.3 is 0 Å². The van der Waals surface area contributed by atoms with Gasteiger partial charge in [-0.25, -0.2) is 0 Å². The van der Waals surface area contributed by atoms with E-state index in [1.54, 1.807) is 6.92 Å². The molecule has 1 N–H and O–H groups in total. The topological polar surface area (TPSA) is 52.7 Å². The highest BCUT2D eigenvalue weighted by molar-refractivity contribution is 5.91. The predicted octanol–water partition coefficient (Wildman–Crippen LogP) is 4.85. The molecule has 0 heterocycles. The molecule has 5 heteroatoms. The lowest BCUT2D eigenvalue weighted by Gasteiger charge is -2.30. The minimum Gasteiger partial charge on any atom is -0.377 e. The summed E-state index contributed by atoms with van der Waals surface area (Å²) < 4.78 is 0. The molecule has 0 spiro atoms. The maximum absolute atomic E-state index is 12.5. The Kier molecular flexibility index (Phi) is 7.82. The number of hydrogen-bond acceptors (Lipinski definition) is 3. The molecule has 29 heavy (non-hydrogen) atoms. The Bertz CT molecular complexity index is 831. The van der Waals surface area contributed by atoms with Gasteiger partial charge in [0.05, 0.1) is 6.04 Å². The van der Waals surface area contributed by atoms with Crippen molar-refractivity contribution >= 4 is 23.2 Å². The van der Waals surface area contributed by atoms with Crippen LogP contribution in [0.15, 0.2) is 48.5 Å². The number of carbonyl (C=O) groups excluding carboxylic acids is 2. The zero-order valence-electron chi connectivity index (χ0n) is 18.4. The van der Waals surface area contributed by atoms with Gasteiger partial charge in [-0.15, -0.1) is 0 Å². The molecule has 0 unspecified atom stereocenters. The van der Waals surface area contributed by atoms with Crippen LogP contribution in [0.25, 0.3) is 0 Å². The molecule has 1 atom stereocenters. The number of carbonyl (C=O) groups is 2. The third-order valence-electron chi connectivity index (χ3n) is 4.93. The SMILES string of the molecule is CC(=O)N(Cc1cc(NC(=O)CC(C)C)ccc1N(C)C)[C@H](C)c1ccccc1. The molecule has 2 aromatic carbocycles. The van der Waals surface area contributed by atoms with Gasteiger partial charge in [0.1, 0.15) is 0 Å². The molecule has 0 fully saturated rings. The normalized spacial score (nSPS) is 11.8. The summed E-state index contributed by atoms with van der Waals surface area (Å²) in [5.41, 5.74) is 3.87. The molecule has 0 aliphatic carbocycles. The largest absolute Gasteiger partial charge is 0.377 e. The van der Waals surface area contributed by atoms with Crippen LogP contribution in [0, 0.1) is 5.92 Å². The van der Waals surface area contributed by atoms with Crippen molar-refractivity contribution in [3.05, 3.63) is 59.7 Å². The Balaban J connectivity index is 2.32. The van der Waals surface area contributed by atoms with Gasteiger partial charge < -0.3 is 15.1 Å². The molecular formula is C24H33N3O2. The van der Waals surface area contributed by atoms with Crippen LogP contribution >= 0.6 is 0 Å². The van der Waals surface area contributed by atoms with Crippen LogP contribution in [-0.2, 0) is 16.1 Å². The molecular weight excluding hydrogens is 362 g/mol. The third kappa shape index (κ3) is 6.34. The maximum Gasteiger partial charge on any atom is 0.224 e. The van der Waals surface area contributed by atoms with Crippen molar-refractivity contribution in [3.8, 4) is 0 Å². The second-order valence-electron chi connectivity index (χ2n) is 8.12. The molecule has 0 aromatic heterocycles. The smallest absolute Gasteiger partial charge is 0.224 e. The number of amides is 2. The number of hydrogen-bond donors (Lipinski definition) is 1. The van der Waals surface area contributed by atoms with E-state index in [-0.39, 0.29) is 17.9 Å². The molecule has 0 bridgehead atoms. The average molecular weight is 396 g/mol. The second kappa shape index (κ2) is 10.1. The summed E-state index contributed by atoms with van der Waals surface area (Å²) in [4.78, 5) is 28.5. The number of anilines is 2. The summed E-state index contributed by atoms with van der Waals surface area (Å²) in [5.74, 6) is 0.320. The Morgan fingerprint density at radius 3 is 2.21 bits per heavy atom. The molecule has 5 nitrogen and oxygen atoms in total. The van der Waals surface area contributed by atoms with Crippen LogP contribution in [0.3, 0.4) is 0 Å². The Labute approximate surface area is 174 Å². The molecule has 2 aromatic rings. The molecule has 156 valence electrons. The summed E-state index contributed by atoms with van der Waals surface area (Å²) in [5, 5.41) is 2.98. The van der Waals surface area contributed by atoms with Crippen molar-refractivity contribution in [2.24, 2.45) is 5.92 Å². The number of nitrogens with zero attached hydrogens (tertiary/aromatic N) is 2. The lowest BCUT2D eigenvalue weighted by atomic mass is 10.0. The van der Waals surface area contributed by atoms with Crippen LogP contribution in [0.4, 0.5) is 11.4 Å². The fourth-order valence-electron chi connectivity index (χ4n) is 3.42. The number of benzene rings is 2. The van der Waals surface area contributed by atoms with E-state index in [1.807, 2.05) is 93.2 Å². The first-order valence-corrected chi connectivity index (χ1v) is 10.1. The van der Waals surface area contributed by atoms with Crippen molar-refractivity contribution in [3.63, 3.8) is 0 Å². The highest BCUT2D eigenvalue weighted by Crippen LogP contribution is 2.28. The van der Waals surface area contributed by atoms with E-state index in [1.165, 1.54) is 0 Å². The minimum absolute atomic E-state index is 0.00429. The summed E-state index contributed by atoms with van der Waals surface area (Å²) in [6.45, 7) is 8.15. The third-order valence-corrected chi connectivity index (χ3v) is 4.93. The second-order valence-corrected chi connectivity index (χ2v) is 8.12. The zero-order valence-corrected chi connectivity index (χ0v) is 18.4. The lowest BCUT2D eigenvalue weighted by molar-refractivity contribution is -0.131. The van der Waals surface area contributed by atoms with Crippen molar-refractivity contribution in [2.45, 2.75) is 46.7 Å². The Morgan fingerprint density at radius 1 is 1.00 bits per heavy atom. The first kappa shape index (κ1) is 22.5. The van der Waals surface area contributed by atoms with Gasteiger partial charge in [0.25, 0.3) is 0 Å². The van der Waals surface area contributed by atoms with E-state index in [0.29, 0.717) is 18.9 Å². The predicted molar refractivity (Wildman–Crippen MR) is 120 cm³/mol. The zero-order chi connectivity index (χ0) is 21.6. The lowest BCUT2D eigenvalue weighted by Crippen LogP contribution is -2.31. The summed E-state index contributed by atoms with van der Waals surface area (Å²) in [6.07, 6.45) is 0.482. The van der Waals surface area contributed by atoms with E-state index >= 15 is 0 Å². The summed E-state index contributed by atoms with van der Waals surface area (Å²) in [7, 11) is 3.96. The number of nitrogens with one attached hydrogen (secondary N) is 1. The molecule has 0 aliphatic rings. The van der Waals surface area contributed by atoms with Gasteiger partial charge in [-0.05, 0) is 42.2 Å². The molecule has 0 saturated carbocycles. The van der Waals surface area contributed by atoms with E-state index in [4.69, 9.17) is 0 Å².